The monoisotopic (exact) mass is 507 g/mol. The Labute approximate surface area is 210 Å². The van der Waals surface area contributed by atoms with Crippen LogP contribution in [0.1, 0.15) is 39.6 Å². The number of fused-ring (bicyclic) bond motifs is 1. The summed E-state index contributed by atoms with van der Waals surface area (Å²) in [6, 6.07) is 21.1. The Morgan fingerprint density at radius 3 is 2.53 bits per heavy atom. The molecular formula is C26H19Cl2N3O2S. The highest BCUT2D eigenvalue weighted by Gasteiger charge is 2.24. The van der Waals surface area contributed by atoms with Crippen LogP contribution in [0.5, 0.6) is 0 Å². The van der Waals surface area contributed by atoms with Crippen LogP contribution in [-0.2, 0) is 4.74 Å². The molecule has 2 aromatic heterocycles. The van der Waals surface area contributed by atoms with Crippen LogP contribution < -0.4 is 0 Å². The maximum absolute atomic E-state index is 12.8. The average molecular weight is 508 g/mol. The molecule has 0 radical (unpaired) electrons. The van der Waals surface area contributed by atoms with E-state index >= 15 is 0 Å². The first kappa shape index (κ1) is 22.6. The highest BCUT2D eigenvalue weighted by atomic mass is 35.5. The largest absolute Gasteiger partial charge is 0.460 e. The third-order valence-electron chi connectivity index (χ3n) is 5.44. The summed E-state index contributed by atoms with van der Waals surface area (Å²) in [6.07, 6.45) is 1.80. The quantitative estimate of drug-likeness (QED) is 0.229. The minimum atomic E-state index is -0.491. The Kier molecular flexibility index (Phi) is 6.37. The molecule has 0 bridgehead atoms. The summed E-state index contributed by atoms with van der Waals surface area (Å²) < 4.78 is 7.09. The third kappa shape index (κ3) is 4.32. The number of carbonyl (C=O) groups is 1. The molecule has 5 nitrogen and oxygen atoms in total. The molecule has 0 spiro atoms. The van der Waals surface area contributed by atoms with E-state index in [4.69, 9.17) is 27.9 Å². The predicted molar refractivity (Wildman–Crippen MR) is 137 cm³/mol. The van der Waals surface area contributed by atoms with Crippen molar-refractivity contribution in [3.8, 4) is 5.69 Å². The molecule has 34 heavy (non-hydrogen) atoms. The number of nitrogens with zero attached hydrogens (tertiary/aromatic N) is 3. The van der Waals surface area contributed by atoms with E-state index in [0.717, 1.165) is 27.3 Å². The highest BCUT2D eigenvalue weighted by Crippen LogP contribution is 2.36. The van der Waals surface area contributed by atoms with E-state index in [2.05, 4.69) is 9.97 Å². The van der Waals surface area contributed by atoms with Crippen molar-refractivity contribution in [1.82, 2.24) is 14.5 Å². The highest BCUT2D eigenvalue weighted by molar-refractivity contribution is 7.09. The Morgan fingerprint density at radius 1 is 1.03 bits per heavy atom. The fraction of sp³-hybridized carbons (Fsp3) is 0.115. The van der Waals surface area contributed by atoms with Crippen molar-refractivity contribution < 1.29 is 9.53 Å². The van der Waals surface area contributed by atoms with Gasteiger partial charge >= 0.3 is 5.97 Å². The summed E-state index contributed by atoms with van der Waals surface area (Å²) in [7, 11) is 0. The second-order valence-corrected chi connectivity index (χ2v) is 9.37. The van der Waals surface area contributed by atoms with Crippen LogP contribution in [0.2, 0.25) is 10.0 Å². The van der Waals surface area contributed by atoms with Crippen molar-refractivity contribution in [3.63, 3.8) is 0 Å². The molecule has 170 valence electrons. The van der Waals surface area contributed by atoms with Crippen LogP contribution in [-0.4, -0.2) is 27.1 Å². The molecule has 0 aliphatic heterocycles. The Hall–Kier alpha value is -3.19. The first-order valence-electron chi connectivity index (χ1n) is 10.7. The van der Waals surface area contributed by atoms with Gasteiger partial charge in [-0.05, 0) is 60.5 Å². The van der Waals surface area contributed by atoms with E-state index in [0.29, 0.717) is 15.6 Å². The van der Waals surface area contributed by atoms with Gasteiger partial charge in [-0.1, -0.05) is 47.5 Å². The van der Waals surface area contributed by atoms with Gasteiger partial charge in [0.15, 0.2) is 0 Å². The Morgan fingerprint density at radius 2 is 1.82 bits per heavy atom. The molecule has 1 atom stereocenters. The van der Waals surface area contributed by atoms with Crippen molar-refractivity contribution in [1.29, 1.82) is 0 Å². The number of halogens is 2. The molecule has 5 aromatic rings. The van der Waals surface area contributed by atoms with Gasteiger partial charge < -0.3 is 4.74 Å². The zero-order chi connectivity index (χ0) is 23.7. The van der Waals surface area contributed by atoms with Gasteiger partial charge in [-0.2, -0.15) is 0 Å². The Bertz CT molecular complexity index is 1460. The van der Waals surface area contributed by atoms with Crippen LogP contribution in [0.15, 0.2) is 78.3 Å². The molecule has 2 heterocycles. The van der Waals surface area contributed by atoms with Gasteiger partial charge in [-0.15, -0.1) is 11.3 Å². The van der Waals surface area contributed by atoms with Crippen LogP contribution in [0.3, 0.4) is 0 Å². The third-order valence-corrected chi connectivity index (χ3v) is 6.77. The lowest BCUT2D eigenvalue weighted by Gasteiger charge is -2.17. The van der Waals surface area contributed by atoms with E-state index in [1.54, 1.807) is 41.2 Å². The molecular weight excluding hydrogens is 489 g/mol. The maximum atomic E-state index is 12.8. The number of hydrogen-bond donors (Lipinski definition) is 0. The number of carbonyl (C=O) groups excluding carboxylic acids is 1. The van der Waals surface area contributed by atoms with E-state index < -0.39 is 5.97 Å². The zero-order valence-corrected chi connectivity index (χ0v) is 20.4. The summed E-state index contributed by atoms with van der Waals surface area (Å²) in [5.41, 5.74) is 4.27. The standard InChI is InChI=1S/C26H19Cl2N3O2S/c1-2-33-26(32)24-30-21-11-8-17(14-22(21)31(24)20-5-3-4-19(28)15-20)23(25-29-12-13-34-25)16-6-9-18(27)10-7-16/h3-15,23H,2H2,1H3. The van der Waals surface area contributed by atoms with E-state index in [1.807, 2.05) is 60.0 Å². The summed E-state index contributed by atoms with van der Waals surface area (Å²) in [5, 5.41) is 4.16. The van der Waals surface area contributed by atoms with Crippen LogP contribution in [0.25, 0.3) is 16.7 Å². The van der Waals surface area contributed by atoms with Gasteiger partial charge in [0.05, 0.1) is 23.6 Å². The fourth-order valence-electron chi connectivity index (χ4n) is 3.99. The molecule has 0 aliphatic carbocycles. The molecule has 0 saturated heterocycles. The van der Waals surface area contributed by atoms with E-state index in [-0.39, 0.29) is 18.3 Å². The SMILES string of the molecule is CCOC(=O)c1nc2ccc(C(c3ccc(Cl)cc3)c3nccs3)cc2n1-c1cccc(Cl)c1. The average Bonchev–Trinajstić information content (AvgIpc) is 3.49. The molecule has 1 unspecified atom stereocenters. The number of benzene rings is 3. The van der Waals surface area contributed by atoms with Gasteiger partial charge in [0.25, 0.3) is 0 Å². The molecule has 8 heteroatoms. The lowest BCUT2D eigenvalue weighted by molar-refractivity contribution is 0.0510. The number of aromatic nitrogens is 3. The molecule has 0 amide bonds. The summed E-state index contributed by atoms with van der Waals surface area (Å²) in [5.74, 6) is -0.390. The van der Waals surface area contributed by atoms with Crippen LogP contribution in [0, 0.1) is 0 Å². The van der Waals surface area contributed by atoms with Crippen molar-refractivity contribution in [2.75, 3.05) is 6.61 Å². The summed E-state index contributed by atoms with van der Waals surface area (Å²) in [6.45, 7) is 2.03. The van der Waals surface area contributed by atoms with Gasteiger partial charge in [0.1, 0.15) is 5.01 Å². The molecule has 0 fully saturated rings. The van der Waals surface area contributed by atoms with E-state index in [9.17, 15) is 4.79 Å². The second-order valence-electron chi connectivity index (χ2n) is 7.57. The van der Waals surface area contributed by atoms with Gasteiger partial charge in [-0.3, -0.25) is 4.57 Å². The van der Waals surface area contributed by atoms with E-state index in [1.165, 1.54) is 0 Å². The van der Waals surface area contributed by atoms with Crippen molar-refractivity contribution >= 4 is 51.5 Å². The normalized spacial score (nSPS) is 12.1. The number of thiazole rings is 1. The van der Waals surface area contributed by atoms with Gasteiger partial charge in [-0.25, -0.2) is 14.8 Å². The van der Waals surface area contributed by atoms with Gasteiger partial charge in [0, 0.05) is 27.3 Å². The number of hydrogen-bond acceptors (Lipinski definition) is 5. The van der Waals surface area contributed by atoms with Crippen molar-refractivity contribution in [2.24, 2.45) is 0 Å². The minimum absolute atomic E-state index is 0.101. The fourth-order valence-corrected chi connectivity index (χ4v) is 5.09. The molecule has 3 aromatic carbocycles. The van der Waals surface area contributed by atoms with Crippen LogP contribution in [0.4, 0.5) is 0 Å². The first-order valence-corrected chi connectivity index (χ1v) is 12.3. The molecule has 5 rings (SSSR count). The topological polar surface area (TPSA) is 57.0 Å². The predicted octanol–water partition coefficient (Wildman–Crippen LogP) is 7.15. The van der Waals surface area contributed by atoms with Crippen molar-refractivity contribution in [3.05, 3.63) is 110 Å². The number of rotatable bonds is 6. The minimum Gasteiger partial charge on any atom is -0.460 e. The number of imidazole rings is 1. The second kappa shape index (κ2) is 9.58. The summed E-state index contributed by atoms with van der Waals surface area (Å²) >= 11 is 14.0. The van der Waals surface area contributed by atoms with Crippen molar-refractivity contribution in [2.45, 2.75) is 12.8 Å². The van der Waals surface area contributed by atoms with Crippen LogP contribution >= 0.6 is 34.5 Å². The smallest absolute Gasteiger partial charge is 0.374 e. The maximum Gasteiger partial charge on any atom is 0.374 e. The lowest BCUT2D eigenvalue weighted by atomic mass is 9.91. The molecule has 0 saturated carbocycles. The van der Waals surface area contributed by atoms with Gasteiger partial charge in [0.2, 0.25) is 5.82 Å². The number of esters is 1. The lowest BCUT2D eigenvalue weighted by Crippen LogP contribution is -2.12. The Balaban J connectivity index is 1.74. The first-order chi connectivity index (χ1) is 16.5. The zero-order valence-electron chi connectivity index (χ0n) is 18.1. The summed E-state index contributed by atoms with van der Waals surface area (Å²) in [4.78, 5) is 22.0. The molecule has 0 aliphatic rings. The molecule has 0 N–H and O–H groups in total. The number of ether oxygens (including phenoxy) is 1.